The minimum Gasteiger partial charge on any atom is -0.461 e. The highest BCUT2D eigenvalue weighted by atomic mass is 127. The molecule has 0 aromatic carbocycles. The standard InChI is InChI=1S/C10H13IN2O2/c1-3-15-10(14)9-8(11)6(2)13(12-9)7-4-5-7/h7H,3-5H2,1-2H3. The van der Waals surface area contributed by atoms with Crippen LogP contribution in [0.3, 0.4) is 0 Å². The van der Waals surface area contributed by atoms with E-state index in [1.165, 1.54) is 12.8 Å². The van der Waals surface area contributed by atoms with E-state index < -0.39 is 0 Å². The van der Waals surface area contributed by atoms with Gasteiger partial charge >= 0.3 is 5.97 Å². The Hall–Kier alpha value is -0.590. The van der Waals surface area contributed by atoms with Crippen molar-refractivity contribution >= 4 is 28.6 Å². The molecule has 0 radical (unpaired) electrons. The van der Waals surface area contributed by atoms with E-state index in [1.54, 1.807) is 6.92 Å². The zero-order valence-electron chi connectivity index (χ0n) is 8.79. The van der Waals surface area contributed by atoms with Gasteiger partial charge < -0.3 is 4.74 Å². The molecule has 4 nitrogen and oxygen atoms in total. The van der Waals surface area contributed by atoms with Crippen molar-refractivity contribution in [3.63, 3.8) is 0 Å². The van der Waals surface area contributed by atoms with Crippen molar-refractivity contribution in [2.24, 2.45) is 0 Å². The molecule has 1 aromatic rings. The molecule has 15 heavy (non-hydrogen) atoms. The third kappa shape index (κ3) is 2.02. The molecule has 0 unspecified atom stereocenters. The zero-order valence-corrected chi connectivity index (χ0v) is 10.9. The second kappa shape index (κ2) is 4.11. The zero-order chi connectivity index (χ0) is 11.0. The van der Waals surface area contributed by atoms with Gasteiger partial charge in [-0.25, -0.2) is 4.79 Å². The maximum atomic E-state index is 11.6. The summed E-state index contributed by atoms with van der Waals surface area (Å²) >= 11 is 2.16. The molecule has 0 amide bonds. The number of hydrogen-bond acceptors (Lipinski definition) is 3. The Bertz CT molecular complexity index is 396. The second-order valence-corrected chi connectivity index (χ2v) is 4.72. The fourth-order valence-corrected chi connectivity index (χ4v) is 2.08. The van der Waals surface area contributed by atoms with Crippen LogP contribution in [0.15, 0.2) is 0 Å². The number of esters is 1. The highest BCUT2D eigenvalue weighted by Gasteiger charge is 2.29. The fourth-order valence-electron chi connectivity index (χ4n) is 1.50. The summed E-state index contributed by atoms with van der Waals surface area (Å²) < 4.78 is 7.82. The first-order valence-corrected chi connectivity index (χ1v) is 6.14. The van der Waals surface area contributed by atoms with Crippen molar-refractivity contribution in [1.29, 1.82) is 0 Å². The summed E-state index contributed by atoms with van der Waals surface area (Å²) in [5.41, 5.74) is 1.53. The molecule has 1 heterocycles. The van der Waals surface area contributed by atoms with Crippen LogP contribution in [-0.4, -0.2) is 22.4 Å². The summed E-state index contributed by atoms with van der Waals surface area (Å²) in [4.78, 5) is 11.6. The van der Waals surface area contributed by atoms with Gasteiger partial charge in [0.1, 0.15) is 0 Å². The summed E-state index contributed by atoms with van der Waals surface area (Å²) in [6, 6.07) is 0.502. The monoisotopic (exact) mass is 320 g/mol. The van der Waals surface area contributed by atoms with Crippen molar-refractivity contribution in [3.8, 4) is 0 Å². The first kappa shape index (κ1) is 10.9. The number of hydrogen-bond donors (Lipinski definition) is 0. The number of rotatable bonds is 3. The smallest absolute Gasteiger partial charge is 0.359 e. The normalized spacial score (nSPS) is 15.4. The minimum absolute atomic E-state index is 0.315. The Labute approximate surface area is 102 Å². The van der Waals surface area contributed by atoms with Gasteiger partial charge in [-0.2, -0.15) is 5.10 Å². The fraction of sp³-hybridized carbons (Fsp3) is 0.600. The lowest BCUT2D eigenvalue weighted by molar-refractivity contribution is 0.0517. The van der Waals surface area contributed by atoms with Crippen LogP contribution < -0.4 is 0 Å². The van der Waals surface area contributed by atoms with E-state index in [9.17, 15) is 4.79 Å². The molecule has 1 aromatic heterocycles. The van der Waals surface area contributed by atoms with Crippen LogP contribution in [0.1, 0.15) is 42.0 Å². The molecular weight excluding hydrogens is 307 g/mol. The Kier molecular flexibility index (Phi) is 2.99. The lowest BCUT2D eigenvalue weighted by Gasteiger charge is -1.99. The Morgan fingerprint density at radius 1 is 1.67 bits per heavy atom. The molecule has 1 saturated carbocycles. The van der Waals surface area contributed by atoms with Gasteiger partial charge in [0, 0.05) is 5.69 Å². The number of ether oxygens (including phenoxy) is 1. The van der Waals surface area contributed by atoms with Gasteiger partial charge in [-0.3, -0.25) is 4.68 Å². The van der Waals surface area contributed by atoms with E-state index in [0.717, 1.165) is 9.26 Å². The number of carbonyl (C=O) groups is 1. The molecule has 2 rings (SSSR count). The summed E-state index contributed by atoms with van der Waals surface area (Å²) in [6.07, 6.45) is 2.34. The molecule has 0 spiro atoms. The van der Waals surface area contributed by atoms with Crippen LogP contribution in [0.2, 0.25) is 0 Å². The van der Waals surface area contributed by atoms with Crippen molar-refractivity contribution < 1.29 is 9.53 Å². The van der Waals surface area contributed by atoms with E-state index in [0.29, 0.717) is 18.3 Å². The molecule has 5 heteroatoms. The van der Waals surface area contributed by atoms with Gasteiger partial charge in [-0.15, -0.1) is 0 Å². The summed E-state index contributed by atoms with van der Waals surface area (Å²) in [6.45, 7) is 4.19. The van der Waals surface area contributed by atoms with E-state index in [-0.39, 0.29) is 5.97 Å². The van der Waals surface area contributed by atoms with Crippen molar-refractivity contribution in [3.05, 3.63) is 15.0 Å². The quantitative estimate of drug-likeness (QED) is 0.634. The average Bonchev–Trinajstić information content (AvgIpc) is 2.98. The first-order chi connectivity index (χ1) is 7.15. The summed E-state index contributed by atoms with van der Waals surface area (Å²) in [5.74, 6) is -0.315. The number of aromatic nitrogens is 2. The lowest BCUT2D eigenvalue weighted by Crippen LogP contribution is -2.07. The van der Waals surface area contributed by atoms with Crippen LogP contribution in [0.5, 0.6) is 0 Å². The molecule has 0 N–H and O–H groups in total. The SMILES string of the molecule is CCOC(=O)c1nn(C2CC2)c(C)c1I. The summed E-state index contributed by atoms with van der Waals surface area (Å²) in [7, 11) is 0. The topological polar surface area (TPSA) is 44.1 Å². The molecule has 0 saturated heterocycles. The van der Waals surface area contributed by atoms with Gasteiger partial charge in [0.25, 0.3) is 0 Å². The molecule has 0 bridgehead atoms. The van der Waals surface area contributed by atoms with Crippen LogP contribution in [0.4, 0.5) is 0 Å². The predicted octanol–water partition coefficient (Wildman–Crippen LogP) is 2.31. The van der Waals surface area contributed by atoms with Crippen LogP contribution in [0, 0.1) is 10.5 Å². The van der Waals surface area contributed by atoms with E-state index in [1.807, 2.05) is 11.6 Å². The Balaban J connectivity index is 2.31. The maximum Gasteiger partial charge on any atom is 0.359 e. The van der Waals surface area contributed by atoms with E-state index >= 15 is 0 Å². The van der Waals surface area contributed by atoms with Crippen LogP contribution in [0.25, 0.3) is 0 Å². The van der Waals surface area contributed by atoms with Crippen LogP contribution >= 0.6 is 22.6 Å². The second-order valence-electron chi connectivity index (χ2n) is 3.64. The molecule has 0 atom stereocenters. The van der Waals surface area contributed by atoms with Gasteiger partial charge in [-0.1, -0.05) is 0 Å². The number of nitrogens with zero attached hydrogens (tertiary/aromatic N) is 2. The predicted molar refractivity (Wildman–Crippen MR) is 63.9 cm³/mol. The Morgan fingerprint density at radius 3 is 2.87 bits per heavy atom. The van der Waals surface area contributed by atoms with Gasteiger partial charge in [0.05, 0.1) is 16.2 Å². The first-order valence-electron chi connectivity index (χ1n) is 5.06. The van der Waals surface area contributed by atoms with Crippen molar-refractivity contribution in [2.75, 3.05) is 6.61 Å². The lowest BCUT2D eigenvalue weighted by atomic mass is 10.4. The molecule has 1 fully saturated rings. The average molecular weight is 320 g/mol. The largest absolute Gasteiger partial charge is 0.461 e. The minimum atomic E-state index is -0.315. The third-order valence-electron chi connectivity index (χ3n) is 2.44. The third-order valence-corrected chi connectivity index (χ3v) is 3.73. The molecule has 1 aliphatic carbocycles. The van der Waals surface area contributed by atoms with Gasteiger partial charge in [-0.05, 0) is 49.3 Å². The number of halogens is 1. The Morgan fingerprint density at radius 2 is 2.33 bits per heavy atom. The summed E-state index contributed by atoms with van der Waals surface area (Å²) in [5, 5.41) is 4.32. The van der Waals surface area contributed by atoms with Crippen LogP contribution in [-0.2, 0) is 4.74 Å². The van der Waals surface area contributed by atoms with Crippen molar-refractivity contribution in [1.82, 2.24) is 9.78 Å². The van der Waals surface area contributed by atoms with Crippen molar-refractivity contribution in [2.45, 2.75) is 32.7 Å². The number of carbonyl (C=O) groups excluding carboxylic acids is 1. The van der Waals surface area contributed by atoms with Gasteiger partial charge in [0.15, 0.2) is 5.69 Å². The molecule has 1 aliphatic rings. The van der Waals surface area contributed by atoms with Gasteiger partial charge in [0.2, 0.25) is 0 Å². The highest BCUT2D eigenvalue weighted by Crippen LogP contribution is 2.36. The van der Waals surface area contributed by atoms with E-state index in [4.69, 9.17) is 4.74 Å². The highest BCUT2D eigenvalue weighted by molar-refractivity contribution is 14.1. The van der Waals surface area contributed by atoms with E-state index in [2.05, 4.69) is 27.7 Å². The molecule has 82 valence electrons. The molecule has 0 aliphatic heterocycles. The maximum absolute atomic E-state index is 11.6. The molecular formula is C10H13IN2O2.